The molecule has 0 saturated heterocycles. The predicted octanol–water partition coefficient (Wildman–Crippen LogP) is -0.849. The molecule has 1 atom stereocenters. The number of aliphatic carboxylic acids is 1. The van der Waals surface area contributed by atoms with E-state index < -0.39 is 50.0 Å². The lowest BCUT2D eigenvalue weighted by atomic mass is 10.2. The zero-order chi connectivity index (χ0) is 15.9. The van der Waals surface area contributed by atoms with E-state index in [2.05, 4.69) is 0 Å². The summed E-state index contributed by atoms with van der Waals surface area (Å²) in [6.45, 7) is -0.751. The van der Waals surface area contributed by atoms with E-state index >= 15 is 0 Å². The van der Waals surface area contributed by atoms with Gasteiger partial charge >= 0.3 is 5.97 Å². The minimum atomic E-state index is -4.34. The van der Waals surface area contributed by atoms with Crippen LogP contribution in [-0.2, 0) is 14.8 Å². The van der Waals surface area contributed by atoms with Crippen molar-refractivity contribution in [1.29, 1.82) is 0 Å². The number of sulfonamides is 1. The van der Waals surface area contributed by atoms with Gasteiger partial charge in [-0.25, -0.2) is 12.7 Å². The highest BCUT2D eigenvalue weighted by molar-refractivity contribution is 7.90. The molecule has 10 nitrogen and oxygen atoms in total. The first-order chi connectivity index (χ1) is 9.66. The van der Waals surface area contributed by atoms with Crippen molar-refractivity contribution in [2.45, 2.75) is 10.9 Å². The molecule has 1 aliphatic heterocycles. The first kappa shape index (κ1) is 14.9. The number of carbonyl (C=O) groups is 2. The molecule has 0 aliphatic carbocycles. The maximum absolute atomic E-state index is 12.2. The number of carboxylic acid groups (broad SMARTS) is 1. The number of nitrogens with zero attached hydrogens (tertiary/aromatic N) is 2. The Morgan fingerprint density at radius 2 is 2.10 bits per heavy atom. The van der Waals surface area contributed by atoms with E-state index in [1.807, 2.05) is 0 Å². The second-order valence-corrected chi connectivity index (χ2v) is 6.05. The monoisotopic (exact) mass is 315 g/mol. The van der Waals surface area contributed by atoms with Crippen LogP contribution in [0.25, 0.3) is 0 Å². The van der Waals surface area contributed by atoms with Gasteiger partial charge in [0.1, 0.15) is 10.9 Å². The number of carboxylic acids is 1. The normalized spacial score (nSPS) is 17.4. The first-order valence-corrected chi connectivity index (χ1v) is 6.94. The van der Waals surface area contributed by atoms with Gasteiger partial charge in [0.15, 0.2) is 0 Å². The Balaban J connectivity index is 2.50. The fourth-order valence-corrected chi connectivity index (χ4v) is 3.43. The molecule has 11 heteroatoms. The lowest BCUT2D eigenvalue weighted by Crippen LogP contribution is -2.44. The number of non-ortho nitro benzene ring substituents is 1. The second kappa shape index (κ2) is 4.79. The van der Waals surface area contributed by atoms with Crippen molar-refractivity contribution in [3.8, 4) is 0 Å². The summed E-state index contributed by atoms with van der Waals surface area (Å²) >= 11 is 0. The van der Waals surface area contributed by atoms with Gasteiger partial charge in [-0.3, -0.25) is 19.7 Å². The summed E-state index contributed by atoms with van der Waals surface area (Å²) in [5.41, 5.74) is 4.48. The first-order valence-electron chi connectivity index (χ1n) is 5.50. The Morgan fingerprint density at radius 1 is 1.48 bits per heavy atom. The maximum Gasteiger partial charge on any atom is 0.322 e. The van der Waals surface area contributed by atoms with Crippen LogP contribution in [0.5, 0.6) is 0 Å². The Labute approximate surface area is 118 Å². The summed E-state index contributed by atoms with van der Waals surface area (Å²) in [6, 6.07) is 1.18. The molecule has 3 N–H and O–H groups in total. The molecule has 0 fully saturated rings. The molecular formula is C10H9N3O7S. The van der Waals surface area contributed by atoms with Gasteiger partial charge in [-0.1, -0.05) is 0 Å². The van der Waals surface area contributed by atoms with E-state index in [0.29, 0.717) is 4.31 Å². The molecule has 0 radical (unpaired) electrons. The highest BCUT2D eigenvalue weighted by atomic mass is 32.2. The summed E-state index contributed by atoms with van der Waals surface area (Å²) < 4.78 is 24.6. The number of carbonyl (C=O) groups excluding carboxylic acids is 1. The van der Waals surface area contributed by atoms with Crippen LogP contribution in [0.2, 0.25) is 0 Å². The van der Waals surface area contributed by atoms with Crippen molar-refractivity contribution in [3.05, 3.63) is 33.9 Å². The third kappa shape index (κ3) is 2.32. The molecule has 21 heavy (non-hydrogen) atoms. The van der Waals surface area contributed by atoms with E-state index in [9.17, 15) is 28.1 Å². The Bertz CT molecular complexity index is 758. The fourth-order valence-electron chi connectivity index (χ4n) is 1.81. The molecule has 1 aromatic rings. The number of nitro benzene ring substituents is 1. The minimum absolute atomic E-state index is 0.252. The van der Waals surface area contributed by atoms with Crippen molar-refractivity contribution >= 4 is 27.6 Å². The third-order valence-electron chi connectivity index (χ3n) is 2.88. The molecule has 1 heterocycles. The molecule has 1 aromatic carbocycles. The average Bonchev–Trinajstić information content (AvgIpc) is 2.59. The largest absolute Gasteiger partial charge is 0.480 e. The topological polar surface area (TPSA) is 161 Å². The van der Waals surface area contributed by atoms with Crippen LogP contribution in [0, 0.1) is 10.1 Å². The van der Waals surface area contributed by atoms with E-state index in [4.69, 9.17) is 10.8 Å². The van der Waals surface area contributed by atoms with Gasteiger partial charge in [0.2, 0.25) is 0 Å². The van der Waals surface area contributed by atoms with Crippen molar-refractivity contribution < 1.29 is 28.0 Å². The van der Waals surface area contributed by atoms with Gasteiger partial charge in [-0.2, -0.15) is 0 Å². The second-order valence-electron chi connectivity index (χ2n) is 4.22. The number of rotatable bonds is 4. The van der Waals surface area contributed by atoms with Crippen LogP contribution in [-0.4, -0.2) is 47.2 Å². The van der Waals surface area contributed by atoms with Crippen molar-refractivity contribution in [2.24, 2.45) is 5.73 Å². The van der Waals surface area contributed by atoms with Gasteiger partial charge in [0, 0.05) is 12.1 Å². The molecule has 2 rings (SSSR count). The molecule has 1 unspecified atom stereocenters. The van der Waals surface area contributed by atoms with Gasteiger partial charge in [0.25, 0.3) is 21.6 Å². The van der Waals surface area contributed by atoms with Gasteiger partial charge in [-0.05, 0) is 6.07 Å². The Hall–Kier alpha value is -2.53. The van der Waals surface area contributed by atoms with Crippen molar-refractivity contribution in [3.63, 3.8) is 0 Å². The number of benzene rings is 1. The number of hydrogen-bond donors (Lipinski definition) is 2. The van der Waals surface area contributed by atoms with E-state index in [1.54, 1.807) is 0 Å². The highest BCUT2D eigenvalue weighted by Gasteiger charge is 2.43. The van der Waals surface area contributed by atoms with Crippen LogP contribution < -0.4 is 5.73 Å². The highest BCUT2D eigenvalue weighted by Crippen LogP contribution is 2.32. The lowest BCUT2D eigenvalue weighted by molar-refractivity contribution is -0.385. The fraction of sp³-hybridized carbons (Fsp3) is 0.200. The molecule has 1 aliphatic rings. The lowest BCUT2D eigenvalue weighted by Gasteiger charge is -2.17. The van der Waals surface area contributed by atoms with E-state index in [1.165, 1.54) is 0 Å². The van der Waals surface area contributed by atoms with Gasteiger partial charge in [0.05, 0.1) is 17.0 Å². The van der Waals surface area contributed by atoms with Crippen LogP contribution in [0.4, 0.5) is 5.69 Å². The number of hydrogen-bond acceptors (Lipinski definition) is 7. The summed E-state index contributed by atoms with van der Waals surface area (Å²) in [5, 5.41) is 19.3. The average molecular weight is 315 g/mol. The van der Waals surface area contributed by atoms with Crippen LogP contribution in [0.15, 0.2) is 23.1 Å². The standard InChI is InChI=1S/C10H9N3O7S/c11-7(10(15)16)4-12-9(14)6-2-1-5(13(17)18)3-8(6)21(12,19)20/h1-3,7H,4,11H2,(H,15,16). The SMILES string of the molecule is NC(CN1C(=O)c2ccc([N+](=O)[O-])cc2S1(=O)=O)C(=O)O. The summed E-state index contributed by atoms with van der Waals surface area (Å²) in [4.78, 5) is 32.0. The quantitative estimate of drug-likeness (QED) is 0.536. The zero-order valence-electron chi connectivity index (χ0n) is 10.3. The zero-order valence-corrected chi connectivity index (χ0v) is 11.1. The smallest absolute Gasteiger partial charge is 0.322 e. The number of nitrogens with two attached hydrogens (primary N) is 1. The number of fused-ring (bicyclic) bond motifs is 1. The number of nitro groups is 1. The molecule has 0 spiro atoms. The van der Waals surface area contributed by atoms with Gasteiger partial charge in [-0.15, -0.1) is 0 Å². The maximum atomic E-state index is 12.2. The summed E-state index contributed by atoms with van der Waals surface area (Å²) in [5.74, 6) is -2.43. The third-order valence-corrected chi connectivity index (χ3v) is 4.67. The minimum Gasteiger partial charge on any atom is -0.480 e. The number of amides is 1. The molecular weight excluding hydrogens is 306 g/mol. The van der Waals surface area contributed by atoms with Crippen LogP contribution in [0.3, 0.4) is 0 Å². The van der Waals surface area contributed by atoms with Crippen LogP contribution >= 0.6 is 0 Å². The molecule has 1 amide bonds. The predicted molar refractivity (Wildman–Crippen MR) is 66.9 cm³/mol. The van der Waals surface area contributed by atoms with E-state index in [0.717, 1.165) is 18.2 Å². The summed E-state index contributed by atoms with van der Waals surface area (Å²) in [7, 11) is -4.34. The molecule has 112 valence electrons. The molecule has 0 aromatic heterocycles. The van der Waals surface area contributed by atoms with Gasteiger partial charge < -0.3 is 10.8 Å². The Kier molecular flexibility index (Phi) is 3.39. The van der Waals surface area contributed by atoms with Crippen molar-refractivity contribution in [2.75, 3.05) is 6.54 Å². The molecule has 0 saturated carbocycles. The summed E-state index contributed by atoms with van der Waals surface area (Å²) in [6.07, 6.45) is 0. The van der Waals surface area contributed by atoms with Crippen molar-refractivity contribution in [1.82, 2.24) is 4.31 Å². The van der Waals surface area contributed by atoms with E-state index in [-0.39, 0.29) is 5.56 Å². The molecule has 0 bridgehead atoms. The Morgan fingerprint density at radius 3 is 2.62 bits per heavy atom. The van der Waals surface area contributed by atoms with Crippen LogP contribution in [0.1, 0.15) is 10.4 Å².